The lowest BCUT2D eigenvalue weighted by Gasteiger charge is -2.40. The summed E-state index contributed by atoms with van der Waals surface area (Å²) in [6, 6.07) is 21.9. The van der Waals surface area contributed by atoms with Gasteiger partial charge in [-0.3, -0.25) is 14.4 Å². The van der Waals surface area contributed by atoms with E-state index in [1.165, 1.54) is 0 Å². The molecule has 47 heavy (non-hydrogen) atoms. The second-order valence-electron chi connectivity index (χ2n) is 13.2. The molecule has 3 aromatic rings. The fourth-order valence-electron chi connectivity index (χ4n) is 8.03. The van der Waals surface area contributed by atoms with Crippen LogP contribution in [0.4, 0.5) is 11.4 Å². The second kappa shape index (κ2) is 13.6. The average molecular weight is 717 g/mol. The minimum absolute atomic E-state index is 0.0756. The van der Waals surface area contributed by atoms with Crippen LogP contribution in [0.15, 0.2) is 98.1 Å². The predicted octanol–water partition coefficient (Wildman–Crippen LogP) is 6.45. The molecule has 3 saturated heterocycles. The van der Waals surface area contributed by atoms with Crippen molar-refractivity contribution in [3.63, 3.8) is 0 Å². The van der Waals surface area contributed by atoms with Gasteiger partial charge in [0, 0.05) is 34.5 Å². The van der Waals surface area contributed by atoms with Crippen LogP contribution in [-0.2, 0) is 14.4 Å². The minimum Gasteiger partial charge on any atom is -0.394 e. The Balaban J connectivity index is 1.47. The van der Waals surface area contributed by atoms with Gasteiger partial charge in [-0.25, -0.2) is 0 Å². The largest absolute Gasteiger partial charge is 0.394 e. The zero-order valence-electron chi connectivity index (χ0n) is 26.9. The summed E-state index contributed by atoms with van der Waals surface area (Å²) in [6.45, 7) is 12.2. The van der Waals surface area contributed by atoms with Crippen molar-refractivity contribution >= 4 is 67.6 Å². The molecule has 0 aliphatic carbocycles. The van der Waals surface area contributed by atoms with Crippen LogP contribution < -0.4 is 9.80 Å². The Morgan fingerprint density at radius 3 is 2.26 bits per heavy atom. The molecule has 2 bridgehead atoms. The number of nitrogens with zero attached hydrogens (tertiary/aromatic N) is 3. The molecule has 3 fully saturated rings. The van der Waals surface area contributed by atoms with E-state index >= 15 is 4.79 Å². The van der Waals surface area contributed by atoms with Crippen molar-refractivity contribution < 1.29 is 19.5 Å². The predicted molar refractivity (Wildman–Crippen MR) is 195 cm³/mol. The number of likely N-dealkylation sites (tertiary alicyclic amines) is 1. The van der Waals surface area contributed by atoms with Crippen LogP contribution in [0.25, 0.3) is 10.8 Å². The van der Waals surface area contributed by atoms with E-state index in [1.54, 1.807) is 38.6 Å². The topological polar surface area (TPSA) is 81.2 Å². The van der Waals surface area contributed by atoms with E-state index in [4.69, 9.17) is 0 Å². The van der Waals surface area contributed by atoms with Crippen molar-refractivity contribution in [3.8, 4) is 0 Å². The number of amides is 3. The maximum atomic E-state index is 15.2. The SMILES string of the molecule is C=CCN(C(=O)C1N([C@@H](CO)CC(C)C)C(=O)[C@@H]2[C@H](C(=O)N(CC=C)c3ccccc3)[C@H]3SC12CC3Br)c1ccc2ccccc2c1. The Labute approximate surface area is 289 Å². The summed E-state index contributed by atoms with van der Waals surface area (Å²) in [5.41, 5.74) is 1.45. The molecule has 7 atom stereocenters. The Hall–Kier alpha value is -3.40. The first-order chi connectivity index (χ1) is 22.7. The molecule has 3 amide bonds. The Kier molecular flexibility index (Phi) is 9.70. The molecule has 7 nitrogen and oxygen atoms in total. The third-order valence-electron chi connectivity index (χ3n) is 9.86. The van der Waals surface area contributed by atoms with E-state index in [1.807, 2.05) is 86.6 Å². The van der Waals surface area contributed by atoms with E-state index in [9.17, 15) is 14.7 Å². The molecule has 0 radical (unpaired) electrons. The number of carbonyl (C=O) groups is 3. The zero-order valence-corrected chi connectivity index (χ0v) is 29.3. The molecule has 0 aromatic heterocycles. The van der Waals surface area contributed by atoms with Gasteiger partial charge in [0.25, 0.3) is 5.91 Å². The summed E-state index contributed by atoms with van der Waals surface area (Å²) in [5.74, 6) is -1.78. The number of benzene rings is 3. The second-order valence-corrected chi connectivity index (χ2v) is 15.9. The van der Waals surface area contributed by atoms with Gasteiger partial charge in [-0.05, 0) is 53.8 Å². The summed E-state index contributed by atoms with van der Waals surface area (Å²) in [6.07, 6.45) is 4.49. The number of rotatable bonds is 12. The number of hydrogen-bond acceptors (Lipinski definition) is 5. The molecule has 246 valence electrons. The number of carbonyl (C=O) groups excluding carboxylic acids is 3. The molecule has 3 aromatic carbocycles. The normalized spacial score (nSPS) is 26.8. The summed E-state index contributed by atoms with van der Waals surface area (Å²) in [5, 5.41) is 12.6. The van der Waals surface area contributed by atoms with Crippen molar-refractivity contribution in [2.45, 2.75) is 53.6 Å². The fourth-order valence-corrected chi connectivity index (χ4v) is 11.6. The maximum Gasteiger partial charge on any atom is 0.251 e. The van der Waals surface area contributed by atoms with Crippen molar-refractivity contribution in [2.75, 3.05) is 29.5 Å². The highest BCUT2D eigenvalue weighted by Crippen LogP contribution is 2.68. The molecule has 1 spiro atoms. The molecule has 3 heterocycles. The summed E-state index contributed by atoms with van der Waals surface area (Å²) >= 11 is 5.51. The summed E-state index contributed by atoms with van der Waals surface area (Å²) in [7, 11) is 0. The number of alkyl halides is 1. The van der Waals surface area contributed by atoms with Gasteiger partial charge in [0.15, 0.2) is 0 Å². The monoisotopic (exact) mass is 715 g/mol. The number of para-hydroxylation sites is 1. The first-order valence-electron chi connectivity index (χ1n) is 16.3. The lowest BCUT2D eigenvalue weighted by molar-refractivity contribution is -0.142. The van der Waals surface area contributed by atoms with Gasteiger partial charge in [0.2, 0.25) is 11.8 Å². The quantitative estimate of drug-likeness (QED) is 0.172. The van der Waals surface area contributed by atoms with Gasteiger partial charge in [-0.1, -0.05) is 90.5 Å². The molecule has 3 aliphatic rings. The molecule has 3 aliphatic heterocycles. The highest BCUT2D eigenvalue weighted by molar-refractivity contribution is 9.09. The van der Waals surface area contributed by atoms with Crippen LogP contribution in [0.5, 0.6) is 0 Å². The van der Waals surface area contributed by atoms with Crippen LogP contribution in [0, 0.1) is 17.8 Å². The molecular weight excluding hydrogens is 674 g/mol. The van der Waals surface area contributed by atoms with Gasteiger partial charge in [0.1, 0.15) is 6.04 Å². The first kappa shape index (κ1) is 33.5. The van der Waals surface area contributed by atoms with Crippen molar-refractivity contribution in [1.82, 2.24) is 4.90 Å². The number of anilines is 2. The van der Waals surface area contributed by atoms with Crippen LogP contribution >= 0.6 is 27.7 Å². The van der Waals surface area contributed by atoms with E-state index in [-0.39, 0.29) is 46.9 Å². The third-order valence-corrected chi connectivity index (χ3v) is 13.1. The third kappa shape index (κ3) is 5.74. The van der Waals surface area contributed by atoms with Crippen molar-refractivity contribution in [2.24, 2.45) is 17.8 Å². The smallest absolute Gasteiger partial charge is 0.251 e. The average Bonchev–Trinajstić information content (AvgIpc) is 3.67. The highest BCUT2D eigenvalue weighted by atomic mass is 79.9. The molecule has 1 N–H and O–H groups in total. The standard InChI is InChI=1S/C38H42BrN3O4S/c1-5-18-40(27-14-8-7-9-15-27)35(44)31-32-36(45)42(29(23-43)20-24(3)4)34(38(32)22-30(39)33(31)47-38)37(46)41(19-6-2)28-17-16-25-12-10-11-13-26(25)21-28/h5-17,21,24,29-34,43H,1-2,18-20,22-23H2,3-4H3/t29-,30?,31+,32+,33+,34?,38?/m1/s1. The van der Waals surface area contributed by atoms with E-state index in [0.29, 0.717) is 25.1 Å². The molecule has 3 unspecified atom stereocenters. The number of aliphatic hydroxyl groups is 1. The van der Waals surface area contributed by atoms with Gasteiger partial charge in [0.05, 0.1) is 29.2 Å². The zero-order chi connectivity index (χ0) is 33.5. The Bertz CT molecular complexity index is 1680. The van der Waals surface area contributed by atoms with E-state index < -0.39 is 28.7 Å². The van der Waals surface area contributed by atoms with E-state index in [2.05, 4.69) is 29.1 Å². The summed E-state index contributed by atoms with van der Waals surface area (Å²) < 4.78 is -0.857. The molecule has 6 rings (SSSR count). The van der Waals surface area contributed by atoms with Crippen molar-refractivity contribution in [3.05, 3.63) is 98.1 Å². The highest BCUT2D eigenvalue weighted by Gasteiger charge is 2.76. The van der Waals surface area contributed by atoms with Crippen LogP contribution in [0.2, 0.25) is 0 Å². The minimum atomic E-state index is -0.875. The fraction of sp³-hybridized carbons (Fsp3) is 0.395. The number of halogens is 1. The Morgan fingerprint density at radius 1 is 0.979 bits per heavy atom. The Morgan fingerprint density at radius 2 is 1.62 bits per heavy atom. The number of hydrogen-bond donors (Lipinski definition) is 1. The van der Waals surface area contributed by atoms with Crippen LogP contribution in [-0.4, -0.2) is 74.3 Å². The van der Waals surface area contributed by atoms with Gasteiger partial charge < -0.3 is 19.8 Å². The lowest BCUT2D eigenvalue weighted by atomic mass is 9.70. The number of thioether (sulfide) groups is 1. The number of fused-ring (bicyclic) bond motifs is 2. The molecular formula is C38H42BrN3O4S. The van der Waals surface area contributed by atoms with Crippen molar-refractivity contribution in [1.29, 1.82) is 0 Å². The molecule has 0 saturated carbocycles. The van der Waals surface area contributed by atoms with Gasteiger partial charge in [-0.15, -0.1) is 24.9 Å². The lowest BCUT2D eigenvalue weighted by Crippen LogP contribution is -2.58. The van der Waals surface area contributed by atoms with Crippen LogP contribution in [0.3, 0.4) is 0 Å². The summed E-state index contributed by atoms with van der Waals surface area (Å²) in [4.78, 5) is 49.7. The van der Waals surface area contributed by atoms with Gasteiger partial charge >= 0.3 is 0 Å². The van der Waals surface area contributed by atoms with Gasteiger partial charge in [-0.2, -0.15) is 0 Å². The van der Waals surface area contributed by atoms with E-state index in [0.717, 1.165) is 16.5 Å². The maximum absolute atomic E-state index is 15.2. The first-order valence-corrected chi connectivity index (χ1v) is 18.1. The number of aliphatic hydroxyl groups excluding tert-OH is 1. The molecule has 9 heteroatoms. The van der Waals surface area contributed by atoms with Crippen LogP contribution in [0.1, 0.15) is 26.7 Å².